The van der Waals surface area contributed by atoms with Gasteiger partial charge >= 0.3 is 11.1 Å². The van der Waals surface area contributed by atoms with E-state index < -0.39 is 16.9 Å². The van der Waals surface area contributed by atoms with E-state index in [-0.39, 0.29) is 0 Å². The maximum atomic E-state index is 13.7. The monoisotopic (exact) mass is 318 g/mol. The lowest BCUT2D eigenvalue weighted by Gasteiger charge is -2.22. The molecule has 0 amide bonds. The second-order valence-electron chi connectivity index (χ2n) is 5.92. The Morgan fingerprint density at radius 2 is 1.91 bits per heavy atom. The number of aromatic nitrogens is 2. The van der Waals surface area contributed by atoms with Gasteiger partial charge in [0.1, 0.15) is 5.82 Å². The van der Waals surface area contributed by atoms with Crippen LogP contribution in [0.15, 0.2) is 40.2 Å². The number of halogens is 1. The van der Waals surface area contributed by atoms with E-state index in [1.165, 1.54) is 21.4 Å². The molecule has 0 aliphatic carbocycles. The van der Waals surface area contributed by atoms with Crippen LogP contribution in [0.1, 0.15) is 18.4 Å². The first-order valence-electron chi connectivity index (χ1n) is 7.72. The zero-order valence-corrected chi connectivity index (χ0v) is 13.0. The highest BCUT2D eigenvalue weighted by molar-refractivity contribution is 5.35. The molecule has 3 rings (SSSR count). The summed E-state index contributed by atoms with van der Waals surface area (Å²) >= 11 is 0. The van der Waals surface area contributed by atoms with Gasteiger partial charge in [0.05, 0.1) is 5.69 Å². The van der Waals surface area contributed by atoms with Crippen LogP contribution >= 0.6 is 0 Å². The number of aryl methyl sites for hydroxylation is 1. The number of hydrogen-bond donors (Lipinski definition) is 0. The number of rotatable bonds is 3. The summed E-state index contributed by atoms with van der Waals surface area (Å²) in [7, 11) is 0. The van der Waals surface area contributed by atoms with Crippen LogP contribution in [0.3, 0.4) is 0 Å². The van der Waals surface area contributed by atoms with Crippen molar-refractivity contribution in [2.45, 2.75) is 26.3 Å². The first-order chi connectivity index (χ1) is 11.1. The van der Waals surface area contributed by atoms with E-state index in [9.17, 15) is 14.0 Å². The largest absolute Gasteiger partial charge is 0.381 e. The average Bonchev–Trinajstić information content (AvgIpc) is 2.56. The summed E-state index contributed by atoms with van der Waals surface area (Å²) in [6.45, 7) is 3.55. The number of benzene rings is 1. The Bertz CT molecular complexity index is 819. The molecule has 1 saturated heterocycles. The van der Waals surface area contributed by atoms with Gasteiger partial charge in [0, 0.05) is 32.2 Å². The Morgan fingerprint density at radius 1 is 1.17 bits per heavy atom. The lowest BCUT2D eigenvalue weighted by Crippen LogP contribution is -2.41. The van der Waals surface area contributed by atoms with Crippen molar-refractivity contribution in [2.75, 3.05) is 13.2 Å². The predicted molar refractivity (Wildman–Crippen MR) is 84.5 cm³/mol. The third-order valence-electron chi connectivity index (χ3n) is 4.29. The van der Waals surface area contributed by atoms with Crippen LogP contribution in [0.4, 0.5) is 4.39 Å². The van der Waals surface area contributed by atoms with Crippen molar-refractivity contribution in [1.82, 2.24) is 9.13 Å². The summed E-state index contributed by atoms with van der Waals surface area (Å²) < 4.78 is 21.6. The minimum Gasteiger partial charge on any atom is -0.381 e. The van der Waals surface area contributed by atoms with Crippen molar-refractivity contribution < 1.29 is 9.13 Å². The van der Waals surface area contributed by atoms with Crippen molar-refractivity contribution in [3.05, 3.63) is 62.7 Å². The molecule has 1 fully saturated rings. The standard InChI is InChI=1S/C17H19FN2O3/c1-12-2-3-14(10-15(12)18)20-7-6-19(16(21)17(20)22)11-13-4-8-23-9-5-13/h2-3,6-7,10,13H,4-5,8-9,11H2,1H3. The molecule has 0 N–H and O–H groups in total. The van der Waals surface area contributed by atoms with Gasteiger partial charge in [-0.15, -0.1) is 0 Å². The van der Waals surface area contributed by atoms with Gasteiger partial charge in [-0.2, -0.15) is 0 Å². The summed E-state index contributed by atoms with van der Waals surface area (Å²) in [5.74, 6) is -0.0608. The van der Waals surface area contributed by atoms with Gasteiger partial charge in [-0.1, -0.05) is 6.07 Å². The molecule has 0 spiro atoms. The molecule has 2 aromatic rings. The highest BCUT2D eigenvalue weighted by Gasteiger charge is 2.16. The molecule has 0 bridgehead atoms. The molecule has 0 atom stereocenters. The third-order valence-corrected chi connectivity index (χ3v) is 4.29. The third kappa shape index (κ3) is 3.27. The Labute approximate surface area is 132 Å². The predicted octanol–water partition coefficient (Wildman–Crippen LogP) is 1.87. The molecule has 1 aliphatic heterocycles. The molecule has 6 heteroatoms. The van der Waals surface area contributed by atoms with Crippen LogP contribution in [0.25, 0.3) is 5.69 Å². The second kappa shape index (κ2) is 6.50. The molecule has 0 saturated carbocycles. The molecule has 0 radical (unpaired) electrons. The zero-order chi connectivity index (χ0) is 16.4. The van der Waals surface area contributed by atoms with E-state index in [0.717, 1.165) is 12.8 Å². The van der Waals surface area contributed by atoms with E-state index >= 15 is 0 Å². The Morgan fingerprint density at radius 3 is 2.61 bits per heavy atom. The first kappa shape index (κ1) is 15.7. The number of hydrogen-bond acceptors (Lipinski definition) is 3. The van der Waals surface area contributed by atoms with E-state index in [2.05, 4.69) is 0 Å². The van der Waals surface area contributed by atoms with Crippen LogP contribution in [-0.4, -0.2) is 22.3 Å². The van der Waals surface area contributed by atoms with Gasteiger partial charge < -0.3 is 9.30 Å². The summed E-state index contributed by atoms with van der Waals surface area (Å²) in [6, 6.07) is 4.48. The highest BCUT2D eigenvalue weighted by Crippen LogP contribution is 2.16. The van der Waals surface area contributed by atoms with Crippen molar-refractivity contribution in [3.63, 3.8) is 0 Å². The Kier molecular flexibility index (Phi) is 4.43. The molecule has 5 nitrogen and oxygen atoms in total. The van der Waals surface area contributed by atoms with Crippen molar-refractivity contribution in [1.29, 1.82) is 0 Å². The molecule has 0 unspecified atom stereocenters. The molecule has 2 heterocycles. The molecule has 23 heavy (non-hydrogen) atoms. The summed E-state index contributed by atoms with van der Waals surface area (Å²) in [5.41, 5.74) is -0.397. The second-order valence-corrected chi connectivity index (χ2v) is 5.92. The molecule has 1 aromatic carbocycles. The van der Waals surface area contributed by atoms with Crippen LogP contribution in [-0.2, 0) is 11.3 Å². The molecule has 122 valence electrons. The lowest BCUT2D eigenvalue weighted by molar-refractivity contribution is 0.0609. The Hall–Kier alpha value is -2.21. The smallest absolute Gasteiger partial charge is 0.320 e. The SMILES string of the molecule is Cc1ccc(-n2ccn(CC3CCOCC3)c(=O)c2=O)cc1F. The van der Waals surface area contributed by atoms with Gasteiger partial charge in [0.15, 0.2) is 0 Å². The summed E-state index contributed by atoms with van der Waals surface area (Å²) in [6.07, 6.45) is 4.89. The topological polar surface area (TPSA) is 53.2 Å². The minimum atomic E-state index is -0.664. The van der Waals surface area contributed by atoms with E-state index in [4.69, 9.17) is 4.74 Å². The van der Waals surface area contributed by atoms with E-state index in [0.29, 0.717) is 36.9 Å². The molecule has 1 aromatic heterocycles. The lowest BCUT2D eigenvalue weighted by atomic mass is 10.0. The van der Waals surface area contributed by atoms with Crippen LogP contribution in [0, 0.1) is 18.7 Å². The fraction of sp³-hybridized carbons (Fsp3) is 0.412. The summed E-state index contributed by atoms with van der Waals surface area (Å²) in [5, 5.41) is 0. The molecular formula is C17H19FN2O3. The van der Waals surface area contributed by atoms with Crippen molar-refractivity contribution >= 4 is 0 Å². The molecule has 1 aliphatic rings. The van der Waals surface area contributed by atoms with Crippen molar-refractivity contribution in [3.8, 4) is 5.69 Å². The highest BCUT2D eigenvalue weighted by atomic mass is 19.1. The fourth-order valence-corrected chi connectivity index (χ4v) is 2.79. The maximum Gasteiger partial charge on any atom is 0.320 e. The van der Waals surface area contributed by atoms with Crippen LogP contribution < -0.4 is 11.1 Å². The van der Waals surface area contributed by atoms with Gasteiger partial charge in [-0.05, 0) is 43.4 Å². The van der Waals surface area contributed by atoms with E-state index in [1.807, 2.05) is 0 Å². The van der Waals surface area contributed by atoms with Crippen molar-refractivity contribution in [2.24, 2.45) is 5.92 Å². The van der Waals surface area contributed by atoms with Gasteiger partial charge in [0.25, 0.3) is 0 Å². The normalized spacial score (nSPS) is 15.7. The maximum absolute atomic E-state index is 13.7. The van der Waals surface area contributed by atoms with Gasteiger partial charge in [-0.3, -0.25) is 14.2 Å². The van der Waals surface area contributed by atoms with Crippen LogP contribution in [0.5, 0.6) is 0 Å². The number of ether oxygens (including phenoxy) is 1. The fourth-order valence-electron chi connectivity index (χ4n) is 2.79. The number of nitrogens with zero attached hydrogens (tertiary/aromatic N) is 2. The van der Waals surface area contributed by atoms with Crippen LogP contribution in [0.2, 0.25) is 0 Å². The van der Waals surface area contributed by atoms with Gasteiger partial charge in [-0.25, -0.2) is 4.39 Å². The Balaban J connectivity index is 1.92. The van der Waals surface area contributed by atoms with E-state index in [1.54, 1.807) is 25.3 Å². The molecular weight excluding hydrogens is 299 g/mol. The minimum absolute atomic E-state index is 0.341. The average molecular weight is 318 g/mol. The summed E-state index contributed by atoms with van der Waals surface area (Å²) in [4.78, 5) is 24.6. The zero-order valence-electron chi connectivity index (χ0n) is 13.0. The van der Waals surface area contributed by atoms with Gasteiger partial charge in [0.2, 0.25) is 0 Å². The first-order valence-corrected chi connectivity index (χ1v) is 7.72. The quantitative estimate of drug-likeness (QED) is 0.812.